The zero-order valence-electron chi connectivity index (χ0n) is 10.8. The molecule has 0 unspecified atom stereocenters. The number of fused-ring (bicyclic) bond motifs is 1. The summed E-state index contributed by atoms with van der Waals surface area (Å²) in [5.74, 6) is 0. The topological polar surface area (TPSA) is 71.1 Å². The Morgan fingerprint density at radius 2 is 2.00 bits per heavy atom. The molecular weight excluding hydrogens is 274 g/mol. The second-order valence-electron chi connectivity index (χ2n) is 4.68. The van der Waals surface area contributed by atoms with Gasteiger partial charge in [0.15, 0.2) is 0 Å². The Morgan fingerprint density at radius 3 is 2.80 bits per heavy atom. The van der Waals surface area contributed by atoms with Crippen LogP contribution in [0.15, 0.2) is 47.5 Å². The molecule has 0 saturated heterocycles. The first-order valence-electron chi connectivity index (χ1n) is 6.37. The highest BCUT2D eigenvalue weighted by Gasteiger charge is 2.18. The van der Waals surface area contributed by atoms with E-state index < -0.39 is 10.0 Å². The molecule has 0 amide bonds. The summed E-state index contributed by atoms with van der Waals surface area (Å²) in [7, 11) is -3.50. The van der Waals surface area contributed by atoms with Crippen LogP contribution in [0.25, 0.3) is 0 Å². The summed E-state index contributed by atoms with van der Waals surface area (Å²) in [5.41, 5.74) is 2.90. The van der Waals surface area contributed by atoms with E-state index in [1.807, 2.05) is 12.1 Å². The van der Waals surface area contributed by atoms with Gasteiger partial charge in [-0.3, -0.25) is 4.98 Å². The molecule has 1 aliphatic rings. The first-order chi connectivity index (χ1) is 9.65. The molecule has 20 heavy (non-hydrogen) atoms. The maximum Gasteiger partial charge on any atom is 0.240 e. The minimum absolute atomic E-state index is 0.193. The summed E-state index contributed by atoms with van der Waals surface area (Å²) >= 11 is 0. The summed E-state index contributed by atoms with van der Waals surface area (Å²) < 4.78 is 27.1. The van der Waals surface area contributed by atoms with Crippen LogP contribution in [0.4, 0.5) is 0 Å². The maximum absolute atomic E-state index is 12.2. The maximum atomic E-state index is 12.2. The average Bonchev–Trinajstić information content (AvgIpc) is 2.94. The number of hydrogen-bond donors (Lipinski definition) is 2. The normalized spacial score (nSPS) is 14.2. The largest absolute Gasteiger partial charge is 0.309 e. The van der Waals surface area contributed by atoms with Crippen molar-refractivity contribution < 1.29 is 8.42 Å². The summed E-state index contributed by atoms with van der Waals surface area (Å²) in [5, 5.41) is 3.20. The molecule has 0 spiro atoms. The first kappa shape index (κ1) is 13.2. The molecule has 1 aliphatic heterocycles. The predicted octanol–water partition coefficient (Wildman–Crippen LogP) is 1.16. The molecule has 5 nitrogen and oxygen atoms in total. The number of rotatable bonds is 4. The van der Waals surface area contributed by atoms with E-state index in [1.165, 1.54) is 0 Å². The minimum atomic E-state index is -3.50. The highest BCUT2D eigenvalue weighted by atomic mass is 32.2. The van der Waals surface area contributed by atoms with Crippen LogP contribution < -0.4 is 10.0 Å². The summed E-state index contributed by atoms with van der Waals surface area (Å²) in [6, 6.07) is 10.7. The van der Waals surface area contributed by atoms with E-state index in [-0.39, 0.29) is 6.54 Å². The van der Waals surface area contributed by atoms with Gasteiger partial charge in [0.05, 0.1) is 17.1 Å². The van der Waals surface area contributed by atoms with E-state index in [0.29, 0.717) is 10.6 Å². The number of nitrogens with one attached hydrogen (secondary N) is 2. The number of benzene rings is 1. The second-order valence-corrected chi connectivity index (χ2v) is 6.45. The standard InChI is InChI=1S/C14H15N3O2S/c18-20(19,17-10-13-3-1-2-6-16-13)14-5-4-11-8-15-9-12(11)7-14/h1-7,15,17H,8-10H2. The van der Waals surface area contributed by atoms with Gasteiger partial charge in [-0.25, -0.2) is 13.1 Å². The SMILES string of the molecule is O=S(=O)(NCc1ccccn1)c1ccc2c(c1)CNC2. The third kappa shape index (κ3) is 2.72. The highest BCUT2D eigenvalue weighted by molar-refractivity contribution is 7.89. The van der Waals surface area contributed by atoms with Gasteiger partial charge in [0.2, 0.25) is 10.0 Å². The van der Waals surface area contributed by atoms with Crippen molar-refractivity contribution in [2.45, 2.75) is 24.5 Å². The van der Waals surface area contributed by atoms with Crippen LogP contribution in [0, 0.1) is 0 Å². The Labute approximate surface area is 118 Å². The van der Waals surface area contributed by atoms with Crippen molar-refractivity contribution in [2.24, 2.45) is 0 Å². The molecule has 0 bridgehead atoms. The van der Waals surface area contributed by atoms with Crippen molar-refractivity contribution >= 4 is 10.0 Å². The molecule has 2 aromatic rings. The lowest BCUT2D eigenvalue weighted by molar-refractivity contribution is 0.580. The smallest absolute Gasteiger partial charge is 0.240 e. The molecule has 2 heterocycles. The molecule has 3 rings (SSSR count). The van der Waals surface area contributed by atoms with Crippen LogP contribution in [0.5, 0.6) is 0 Å². The monoisotopic (exact) mass is 289 g/mol. The summed E-state index contributed by atoms with van der Waals surface area (Å²) in [6.45, 7) is 1.72. The van der Waals surface area contributed by atoms with Crippen LogP contribution in [0.3, 0.4) is 0 Å². The molecule has 1 aromatic heterocycles. The Balaban J connectivity index is 1.78. The molecule has 6 heteroatoms. The zero-order chi connectivity index (χ0) is 14.0. The van der Waals surface area contributed by atoms with Gasteiger partial charge in [0.1, 0.15) is 0 Å². The number of nitrogens with zero attached hydrogens (tertiary/aromatic N) is 1. The van der Waals surface area contributed by atoms with Crippen LogP contribution in [-0.4, -0.2) is 13.4 Å². The van der Waals surface area contributed by atoms with Crippen molar-refractivity contribution in [3.63, 3.8) is 0 Å². The molecule has 0 atom stereocenters. The molecule has 1 aromatic carbocycles. The molecule has 0 radical (unpaired) electrons. The van der Waals surface area contributed by atoms with Crippen molar-refractivity contribution in [3.8, 4) is 0 Å². The fraction of sp³-hybridized carbons (Fsp3) is 0.214. The third-order valence-corrected chi connectivity index (χ3v) is 4.69. The lowest BCUT2D eigenvalue weighted by atomic mass is 10.1. The van der Waals surface area contributed by atoms with Crippen LogP contribution in [-0.2, 0) is 29.7 Å². The number of pyridine rings is 1. The van der Waals surface area contributed by atoms with Gasteiger partial charge < -0.3 is 5.32 Å². The van der Waals surface area contributed by atoms with E-state index in [1.54, 1.807) is 30.5 Å². The van der Waals surface area contributed by atoms with E-state index in [0.717, 1.165) is 24.2 Å². The van der Waals surface area contributed by atoms with E-state index >= 15 is 0 Å². The second kappa shape index (κ2) is 5.32. The molecular formula is C14H15N3O2S. The first-order valence-corrected chi connectivity index (χ1v) is 7.85. The Kier molecular flexibility index (Phi) is 3.52. The van der Waals surface area contributed by atoms with Crippen molar-refractivity contribution in [2.75, 3.05) is 0 Å². The van der Waals surface area contributed by atoms with Crippen molar-refractivity contribution in [1.82, 2.24) is 15.0 Å². The van der Waals surface area contributed by atoms with E-state index in [9.17, 15) is 8.42 Å². The molecule has 0 fully saturated rings. The van der Waals surface area contributed by atoms with E-state index in [2.05, 4.69) is 15.0 Å². The fourth-order valence-electron chi connectivity index (χ4n) is 2.19. The van der Waals surface area contributed by atoms with E-state index in [4.69, 9.17) is 0 Å². The van der Waals surface area contributed by atoms with Gasteiger partial charge in [0.25, 0.3) is 0 Å². The van der Waals surface area contributed by atoms with Crippen molar-refractivity contribution in [1.29, 1.82) is 0 Å². The molecule has 104 valence electrons. The van der Waals surface area contributed by atoms with Gasteiger partial charge in [-0.2, -0.15) is 0 Å². The lowest BCUT2D eigenvalue weighted by Gasteiger charge is -2.08. The Morgan fingerprint density at radius 1 is 1.15 bits per heavy atom. The van der Waals surface area contributed by atoms with Gasteiger partial charge in [0, 0.05) is 19.3 Å². The fourth-order valence-corrected chi connectivity index (χ4v) is 3.24. The van der Waals surface area contributed by atoms with Gasteiger partial charge in [-0.15, -0.1) is 0 Å². The molecule has 0 aliphatic carbocycles. The predicted molar refractivity (Wildman–Crippen MR) is 75.2 cm³/mol. The number of hydrogen-bond acceptors (Lipinski definition) is 4. The number of sulfonamides is 1. The minimum Gasteiger partial charge on any atom is -0.309 e. The number of aromatic nitrogens is 1. The Bertz CT molecular complexity index is 714. The Hall–Kier alpha value is -1.76. The summed E-state index contributed by atoms with van der Waals surface area (Å²) in [4.78, 5) is 4.40. The molecule has 0 saturated carbocycles. The van der Waals surface area contributed by atoms with Crippen LogP contribution in [0.2, 0.25) is 0 Å². The average molecular weight is 289 g/mol. The zero-order valence-corrected chi connectivity index (χ0v) is 11.7. The lowest BCUT2D eigenvalue weighted by Crippen LogP contribution is -2.23. The third-order valence-electron chi connectivity index (χ3n) is 3.29. The van der Waals surface area contributed by atoms with Gasteiger partial charge in [-0.1, -0.05) is 12.1 Å². The van der Waals surface area contributed by atoms with Gasteiger partial charge >= 0.3 is 0 Å². The summed E-state index contributed by atoms with van der Waals surface area (Å²) in [6.07, 6.45) is 1.64. The molecule has 2 N–H and O–H groups in total. The van der Waals surface area contributed by atoms with Crippen LogP contribution >= 0.6 is 0 Å². The quantitative estimate of drug-likeness (QED) is 0.886. The highest BCUT2D eigenvalue weighted by Crippen LogP contribution is 2.20. The van der Waals surface area contributed by atoms with Gasteiger partial charge in [-0.05, 0) is 35.4 Å². The van der Waals surface area contributed by atoms with Crippen molar-refractivity contribution in [3.05, 3.63) is 59.4 Å². The van der Waals surface area contributed by atoms with Crippen LogP contribution in [0.1, 0.15) is 16.8 Å².